The smallest absolute Gasteiger partial charge is 0.169 e. The highest BCUT2D eigenvalue weighted by atomic mass is 16.1. The van der Waals surface area contributed by atoms with E-state index in [2.05, 4.69) is 196 Å². The molecule has 3 heterocycles. The van der Waals surface area contributed by atoms with Crippen molar-refractivity contribution < 1.29 is 9.59 Å². The average molecular weight is 937 g/mol. The van der Waals surface area contributed by atoms with Crippen molar-refractivity contribution in [3.8, 4) is 27.9 Å². The summed E-state index contributed by atoms with van der Waals surface area (Å²) in [6, 6.07) is 54.4. The van der Waals surface area contributed by atoms with Crippen LogP contribution in [0.5, 0.6) is 0 Å². The molecule has 8 aromatic carbocycles. The third-order valence-electron chi connectivity index (χ3n) is 20.3. The molecule has 11 aromatic rings. The van der Waals surface area contributed by atoms with Gasteiger partial charge < -0.3 is 8.97 Å². The van der Waals surface area contributed by atoms with Crippen LogP contribution in [0.25, 0.3) is 98.6 Å². The Morgan fingerprint density at radius 1 is 0.417 bits per heavy atom. The lowest BCUT2D eigenvalue weighted by Gasteiger charge is -2.42. The minimum atomic E-state index is -0.371. The molecule has 0 unspecified atom stereocenters. The number of carbonyl (C=O) groups is 2. The van der Waals surface area contributed by atoms with Crippen molar-refractivity contribution in [3.63, 3.8) is 0 Å². The number of Topliss-reactive ketones (excluding diaryl/α,β-unsaturated/α-hetero) is 2. The molecule has 17 rings (SSSR count). The second kappa shape index (κ2) is 14.3. The summed E-state index contributed by atoms with van der Waals surface area (Å²) in [6.07, 6.45) is 7.72. The highest BCUT2D eigenvalue weighted by molar-refractivity contribution is 6.37. The molecule has 2 fully saturated rings. The number of fused-ring (bicyclic) bond motifs is 13. The lowest BCUT2D eigenvalue weighted by molar-refractivity contribution is 0.0537. The Bertz CT molecular complexity index is 4100. The van der Waals surface area contributed by atoms with E-state index in [1.54, 1.807) is 0 Å². The van der Waals surface area contributed by atoms with E-state index in [-0.39, 0.29) is 33.5 Å². The van der Waals surface area contributed by atoms with Crippen LogP contribution >= 0.6 is 0 Å². The second-order valence-corrected chi connectivity index (χ2v) is 24.1. The number of carbonyl (C=O) groups excluding carboxylic acids is 2. The van der Waals surface area contributed by atoms with Gasteiger partial charge in [-0.2, -0.15) is 0 Å². The van der Waals surface area contributed by atoms with E-state index in [4.69, 9.17) is 0 Å². The zero-order valence-electron chi connectivity index (χ0n) is 42.4. The van der Waals surface area contributed by atoms with Gasteiger partial charge in [0, 0.05) is 65.4 Å². The second-order valence-electron chi connectivity index (χ2n) is 24.1. The van der Waals surface area contributed by atoms with Crippen molar-refractivity contribution >= 4 is 82.2 Å². The van der Waals surface area contributed by atoms with Crippen molar-refractivity contribution in [3.05, 3.63) is 168 Å². The molecule has 0 N–H and O–H groups in total. The summed E-state index contributed by atoms with van der Waals surface area (Å²) in [6.45, 7) is 13.9. The fourth-order valence-corrected chi connectivity index (χ4v) is 15.8. The van der Waals surface area contributed by atoms with Crippen LogP contribution in [0, 0.1) is 22.7 Å². The molecule has 0 radical (unpaired) electrons. The molecule has 0 atom stereocenters. The lowest BCUT2D eigenvalue weighted by Crippen LogP contribution is -2.39. The summed E-state index contributed by atoms with van der Waals surface area (Å²) in [5.41, 5.74) is 14.7. The maximum atomic E-state index is 15.5. The fraction of sp³-hybridized carbons (Fsp3) is 0.294. The van der Waals surface area contributed by atoms with Gasteiger partial charge in [0.15, 0.2) is 11.6 Å². The van der Waals surface area contributed by atoms with Gasteiger partial charge in [-0.25, -0.2) is 0 Å². The van der Waals surface area contributed by atoms with Crippen LogP contribution in [0.15, 0.2) is 146 Å². The summed E-state index contributed by atoms with van der Waals surface area (Å²) in [4.78, 5) is 31.0. The zero-order valence-corrected chi connectivity index (χ0v) is 42.4. The van der Waals surface area contributed by atoms with Gasteiger partial charge in [-0.15, -0.1) is 0 Å². The fourth-order valence-electron chi connectivity index (χ4n) is 15.8. The third kappa shape index (κ3) is 5.23. The first-order valence-corrected chi connectivity index (χ1v) is 26.9. The number of nitrogens with zero attached hydrogens (tertiary/aromatic N) is 2. The Labute approximate surface area is 421 Å². The summed E-state index contributed by atoms with van der Waals surface area (Å²) < 4.78 is 5.11. The summed E-state index contributed by atoms with van der Waals surface area (Å²) in [5.74, 6) is 1.14. The lowest BCUT2D eigenvalue weighted by atomic mass is 9.60. The maximum Gasteiger partial charge on any atom is 0.169 e. The van der Waals surface area contributed by atoms with Gasteiger partial charge in [0.1, 0.15) is 0 Å². The van der Waals surface area contributed by atoms with Crippen LogP contribution in [0.1, 0.15) is 125 Å². The van der Waals surface area contributed by atoms with Crippen molar-refractivity contribution in [2.75, 3.05) is 0 Å². The van der Waals surface area contributed by atoms with Gasteiger partial charge in [0.05, 0.1) is 33.3 Å². The van der Waals surface area contributed by atoms with Crippen LogP contribution < -0.4 is 0 Å². The summed E-state index contributed by atoms with van der Waals surface area (Å²) >= 11 is 0. The molecule has 2 saturated carbocycles. The van der Waals surface area contributed by atoms with Crippen LogP contribution in [0.4, 0.5) is 0 Å². The highest BCUT2D eigenvalue weighted by Crippen LogP contribution is 2.60. The molecular weight excluding hydrogens is 877 g/mol. The Morgan fingerprint density at radius 2 is 0.917 bits per heavy atom. The van der Waals surface area contributed by atoms with Crippen molar-refractivity contribution in [2.24, 2.45) is 22.7 Å². The number of benzene rings is 8. The molecule has 0 saturated heterocycles. The third-order valence-corrected chi connectivity index (χ3v) is 20.3. The maximum absolute atomic E-state index is 15.5. The van der Waals surface area contributed by atoms with E-state index in [1.165, 1.54) is 59.7 Å². The zero-order chi connectivity index (χ0) is 48.8. The van der Waals surface area contributed by atoms with Crippen LogP contribution in [-0.4, -0.2) is 20.5 Å². The predicted molar refractivity (Wildman–Crippen MR) is 299 cm³/mol. The molecule has 4 nitrogen and oxygen atoms in total. The van der Waals surface area contributed by atoms with Gasteiger partial charge in [-0.3, -0.25) is 9.59 Å². The van der Waals surface area contributed by atoms with Gasteiger partial charge in [0.2, 0.25) is 0 Å². The SMILES string of the molecule is CC(C)C12CCC(C)(CC1)c1cc3c4cc5c(c6cccc7cccc(c76)n5-c5c(-c6ccccc6)cccc5-c5ccccc5)c5c6cc7c(cc6n(c3cc1C2=O)c45)C(=O)C1(C(C)C)CCC7(C)CC1. The monoisotopic (exact) mass is 936 g/mol. The first kappa shape index (κ1) is 42.6. The average Bonchev–Trinajstić information content (AvgIpc) is 3.81. The minimum Gasteiger partial charge on any atom is -0.308 e. The number of ketones is 2. The molecule has 4 heteroatoms. The van der Waals surface area contributed by atoms with Gasteiger partial charge >= 0.3 is 0 Å². The molecule has 0 aliphatic heterocycles. The number of rotatable bonds is 5. The van der Waals surface area contributed by atoms with E-state index in [0.29, 0.717) is 11.6 Å². The van der Waals surface area contributed by atoms with Gasteiger partial charge in [-0.1, -0.05) is 151 Å². The topological polar surface area (TPSA) is 43.5 Å². The van der Waals surface area contributed by atoms with Crippen molar-refractivity contribution in [1.29, 1.82) is 0 Å². The van der Waals surface area contributed by atoms with Gasteiger partial charge in [-0.05, 0) is 143 Å². The van der Waals surface area contributed by atoms with E-state index in [0.717, 1.165) is 113 Å². The van der Waals surface area contributed by atoms with Crippen LogP contribution in [-0.2, 0) is 10.8 Å². The predicted octanol–water partition coefficient (Wildman–Crippen LogP) is 17.8. The quantitative estimate of drug-likeness (QED) is 0.127. The first-order chi connectivity index (χ1) is 34.9. The Kier molecular flexibility index (Phi) is 8.49. The molecule has 354 valence electrons. The molecule has 0 amide bonds. The summed E-state index contributed by atoms with van der Waals surface area (Å²) in [5, 5.41) is 9.65. The molecule has 72 heavy (non-hydrogen) atoms. The van der Waals surface area contributed by atoms with Crippen LogP contribution in [0.3, 0.4) is 0 Å². The van der Waals surface area contributed by atoms with Crippen molar-refractivity contribution in [1.82, 2.24) is 8.97 Å². The normalized spacial score (nSPS) is 24.1. The Balaban J connectivity index is 1.20. The largest absolute Gasteiger partial charge is 0.308 e. The number of pyridine rings is 1. The first-order valence-electron chi connectivity index (χ1n) is 26.9. The molecule has 0 spiro atoms. The molecule has 4 bridgehead atoms. The highest BCUT2D eigenvalue weighted by Gasteiger charge is 2.54. The van der Waals surface area contributed by atoms with E-state index < -0.39 is 0 Å². The minimum absolute atomic E-state index is 0.106. The van der Waals surface area contributed by atoms with Crippen LogP contribution in [0.2, 0.25) is 0 Å². The number of aromatic nitrogens is 2. The molecule has 6 aliphatic carbocycles. The van der Waals surface area contributed by atoms with E-state index in [1.807, 2.05) is 0 Å². The molecular formula is C68H60N2O2. The Morgan fingerprint density at radius 3 is 1.46 bits per heavy atom. The Hall–Kier alpha value is -7.04. The standard InChI is InChI=1S/C68H60N2O2/c1-39(2)67-30-26-65(5,27-31-67)52-34-47-48-36-57-59(60-51-35-53-50(64(72)68(40(3)4)32-28-66(53,6)29-33-68)38-56(51)70(62(48)60)55(47)37-49(52)63(67)71)46-24-13-20-43-21-14-25-54(58(43)46)69(57)61-44(41-16-9-7-10-17-41)22-15-23-45(61)42-18-11-8-12-19-42/h7-25,34-40H,26-33H2,1-6H3. The molecule has 3 aromatic heterocycles. The number of hydrogen-bond acceptors (Lipinski definition) is 2. The van der Waals surface area contributed by atoms with E-state index >= 15 is 9.59 Å². The van der Waals surface area contributed by atoms with E-state index in [9.17, 15) is 0 Å². The summed E-state index contributed by atoms with van der Waals surface area (Å²) in [7, 11) is 0. The van der Waals surface area contributed by atoms with Crippen molar-refractivity contribution in [2.45, 2.75) is 104 Å². The molecule has 6 aliphatic rings. The number of para-hydroxylation sites is 1. The van der Waals surface area contributed by atoms with Gasteiger partial charge in [0.25, 0.3) is 0 Å². The number of hydrogen-bond donors (Lipinski definition) is 0.